The van der Waals surface area contributed by atoms with Crippen LogP contribution in [0.2, 0.25) is 0 Å². The fraction of sp³-hybridized carbons (Fsp3) is 0.429. The van der Waals surface area contributed by atoms with Gasteiger partial charge in [-0.1, -0.05) is 27.2 Å². The first kappa shape index (κ1) is 22.8. The van der Waals surface area contributed by atoms with Crippen molar-refractivity contribution < 1.29 is 9.72 Å². The molecule has 2 rings (SSSR count). The van der Waals surface area contributed by atoms with Crippen LogP contribution in [0.15, 0.2) is 21.4 Å². The number of carbonyl (C=O) groups is 1. The summed E-state index contributed by atoms with van der Waals surface area (Å²) in [5, 5.41) is 14.1. The van der Waals surface area contributed by atoms with Crippen LogP contribution in [0.4, 0.5) is 11.4 Å². The minimum Gasteiger partial charge on any atom is -0.350 e. The molecule has 0 atom stereocenters. The number of hydrogen-bond donors (Lipinski definition) is 1. The zero-order valence-corrected chi connectivity index (χ0v) is 19.0. The number of nitrogens with zero attached hydrogens (tertiary/aromatic N) is 2. The van der Waals surface area contributed by atoms with E-state index in [4.69, 9.17) is 0 Å². The molecule has 1 amide bonds. The Hall–Kier alpha value is -2.48. The summed E-state index contributed by atoms with van der Waals surface area (Å²) in [6, 6.07) is 2.95. The highest BCUT2D eigenvalue weighted by Gasteiger charge is 2.24. The maximum atomic E-state index is 13.2. The van der Waals surface area contributed by atoms with Crippen molar-refractivity contribution in [2.24, 2.45) is 7.05 Å². The van der Waals surface area contributed by atoms with Crippen LogP contribution >= 0.6 is 15.9 Å². The number of halogens is 1. The van der Waals surface area contributed by atoms with Gasteiger partial charge in [0.1, 0.15) is 5.56 Å². The van der Waals surface area contributed by atoms with Crippen LogP contribution in [0.1, 0.15) is 60.1 Å². The molecule has 156 valence electrons. The maximum Gasteiger partial charge on any atom is 0.270 e. The Bertz CT molecular complexity index is 1000. The molecule has 7 nitrogen and oxygen atoms in total. The monoisotopic (exact) mass is 463 g/mol. The van der Waals surface area contributed by atoms with Crippen molar-refractivity contribution in [1.29, 1.82) is 0 Å². The highest BCUT2D eigenvalue weighted by atomic mass is 79.9. The normalized spacial score (nSPS) is 10.8. The molecule has 0 unspecified atom stereocenters. The van der Waals surface area contributed by atoms with E-state index in [2.05, 4.69) is 21.2 Å². The summed E-state index contributed by atoms with van der Waals surface area (Å²) >= 11 is 3.31. The number of benzene rings is 1. The Labute approximate surface area is 178 Å². The molecule has 1 heterocycles. The number of aryl methyl sites for hydroxylation is 2. The standard InChI is InChI=1S/C21H26BrN3O4/c1-6-9-16-17(20(26)18(22)12(4)24(16)5)21(27)23-19-13(7-2)10-15(25(28)29)11-14(19)8-3/h10-11H,6-9H2,1-5H3,(H,23,27). The SMILES string of the molecule is CCCc1c(C(=O)Nc2c(CC)cc([N+](=O)[O-])cc2CC)c(=O)c(Br)c(C)n1C. The van der Waals surface area contributed by atoms with Gasteiger partial charge in [-0.2, -0.15) is 0 Å². The second-order valence-electron chi connectivity index (χ2n) is 6.92. The number of nitro benzene ring substituents is 1. The molecule has 2 aromatic rings. The molecular weight excluding hydrogens is 438 g/mol. The van der Waals surface area contributed by atoms with Crippen molar-refractivity contribution in [2.75, 3.05) is 5.32 Å². The van der Waals surface area contributed by atoms with E-state index in [1.54, 1.807) is 0 Å². The molecule has 0 aliphatic heterocycles. The van der Waals surface area contributed by atoms with Gasteiger partial charge in [-0.05, 0) is 53.2 Å². The van der Waals surface area contributed by atoms with E-state index in [0.29, 0.717) is 46.2 Å². The second-order valence-corrected chi connectivity index (χ2v) is 7.71. The third-order valence-electron chi connectivity index (χ3n) is 5.15. The minimum absolute atomic E-state index is 0.00244. The number of pyridine rings is 1. The molecule has 1 aromatic heterocycles. The van der Waals surface area contributed by atoms with Crippen molar-refractivity contribution in [3.63, 3.8) is 0 Å². The molecule has 0 spiro atoms. The highest BCUT2D eigenvalue weighted by Crippen LogP contribution is 2.29. The number of nitro groups is 1. The number of aromatic nitrogens is 1. The fourth-order valence-electron chi connectivity index (χ4n) is 3.44. The van der Waals surface area contributed by atoms with E-state index >= 15 is 0 Å². The van der Waals surface area contributed by atoms with Gasteiger partial charge in [-0.25, -0.2) is 0 Å². The molecule has 0 bridgehead atoms. The average molecular weight is 464 g/mol. The van der Waals surface area contributed by atoms with Crippen LogP contribution in [0.5, 0.6) is 0 Å². The van der Waals surface area contributed by atoms with Gasteiger partial charge in [0.05, 0.1) is 9.40 Å². The van der Waals surface area contributed by atoms with Crippen LogP contribution in [0, 0.1) is 17.0 Å². The molecule has 0 aliphatic carbocycles. The van der Waals surface area contributed by atoms with E-state index in [9.17, 15) is 19.7 Å². The molecule has 0 fully saturated rings. The minimum atomic E-state index is -0.493. The maximum absolute atomic E-state index is 13.2. The first-order valence-corrected chi connectivity index (χ1v) is 10.5. The summed E-state index contributed by atoms with van der Waals surface area (Å²) in [5.41, 5.74) is 3.08. The summed E-state index contributed by atoms with van der Waals surface area (Å²) in [6.45, 7) is 7.56. The number of hydrogen-bond acceptors (Lipinski definition) is 4. The van der Waals surface area contributed by atoms with Gasteiger partial charge in [0.25, 0.3) is 11.6 Å². The molecule has 0 saturated carbocycles. The predicted molar refractivity (Wildman–Crippen MR) is 118 cm³/mol. The number of rotatable bonds is 7. The second kappa shape index (κ2) is 9.35. The van der Waals surface area contributed by atoms with Crippen molar-refractivity contribution in [2.45, 2.75) is 53.4 Å². The lowest BCUT2D eigenvalue weighted by Crippen LogP contribution is -2.29. The zero-order valence-electron chi connectivity index (χ0n) is 17.4. The molecule has 0 radical (unpaired) electrons. The van der Waals surface area contributed by atoms with Crippen LogP contribution in [-0.2, 0) is 26.3 Å². The smallest absolute Gasteiger partial charge is 0.270 e. The van der Waals surface area contributed by atoms with E-state index in [1.807, 2.05) is 39.3 Å². The molecular formula is C21H26BrN3O4. The van der Waals surface area contributed by atoms with E-state index in [-0.39, 0.29) is 16.7 Å². The van der Waals surface area contributed by atoms with Crippen molar-refractivity contribution in [3.8, 4) is 0 Å². The van der Waals surface area contributed by atoms with Gasteiger partial charge in [0, 0.05) is 36.3 Å². The molecule has 0 saturated heterocycles. The van der Waals surface area contributed by atoms with Crippen LogP contribution in [0.25, 0.3) is 0 Å². The van der Waals surface area contributed by atoms with Crippen molar-refractivity contribution >= 4 is 33.2 Å². The van der Waals surface area contributed by atoms with Crippen LogP contribution < -0.4 is 10.7 Å². The van der Waals surface area contributed by atoms with E-state index in [0.717, 1.165) is 12.1 Å². The first-order valence-electron chi connectivity index (χ1n) is 9.67. The van der Waals surface area contributed by atoms with Crippen molar-refractivity contribution in [1.82, 2.24) is 4.57 Å². The summed E-state index contributed by atoms with van der Waals surface area (Å²) in [6.07, 6.45) is 2.40. The average Bonchev–Trinajstić information content (AvgIpc) is 2.70. The molecule has 29 heavy (non-hydrogen) atoms. The van der Waals surface area contributed by atoms with Gasteiger partial charge < -0.3 is 9.88 Å². The third-order valence-corrected chi connectivity index (χ3v) is 6.09. The van der Waals surface area contributed by atoms with Crippen molar-refractivity contribution in [3.05, 3.63) is 65.0 Å². The summed E-state index contributed by atoms with van der Waals surface area (Å²) in [4.78, 5) is 36.9. The number of carbonyl (C=O) groups excluding carboxylic acids is 1. The fourth-order valence-corrected chi connectivity index (χ4v) is 3.90. The summed E-state index contributed by atoms with van der Waals surface area (Å²) in [7, 11) is 1.84. The van der Waals surface area contributed by atoms with Gasteiger partial charge in [-0.15, -0.1) is 0 Å². The predicted octanol–water partition coefficient (Wildman–Crippen LogP) is 4.69. The lowest BCUT2D eigenvalue weighted by atomic mass is 10.0. The Balaban J connectivity index is 2.65. The van der Waals surface area contributed by atoms with E-state index < -0.39 is 10.8 Å². The highest BCUT2D eigenvalue weighted by molar-refractivity contribution is 9.10. The van der Waals surface area contributed by atoms with Gasteiger partial charge in [0.2, 0.25) is 5.43 Å². The zero-order chi connectivity index (χ0) is 21.9. The van der Waals surface area contributed by atoms with E-state index in [1.165, 1.54) is 12.1 Å². The summed E-state index contributed by atoms with van der Waals surface area (Å²) in [5.74, 6) is -0.493. The molecule has 8 heteroatoms. The van der Waals surface area contributed by atoms with Gasteiger partial charge >= 0.3 is 0 Å². The topological polar surface area (TPSA) is 94.2 Å². The largest absolute Gasteiger partial charge is 0.350 e. The third kappa shape index (κ3) is 4.42. The number of nitrogens with one attached hydrogen (secondary N) is 1. The first-order chi connectivity index (χ1) is 13.7. The molecule has 0 aliphatic rings. The lowest BCUT2D eigenvalue weighted by molar-refractivity contribution is -0.385. The summed E-state index contributed by atoms with van der Waals surface area (Å²) < 4.78 is 2.22. The lowest BCUT2D eigenvalue weighted by Gasteiger charge is -2.19. The number of non-ortho nitro benzene ring substituents is 1. The Morgan fingerprint density at radius 1 is 1.21 bits per heavy atom. The van der Waals surface area contributed by atoms with Gasteiger partial charge in [0.15, 0.2) is 0 Å². The number of amides is 1. The number of anilines is 1. The Kier molecular flexibility index (Phi) is 7.35. The molecule has 1 N–H and O–H groups in total. The Morgan fingerprint density at radius 3 is 2.21 bits per heavy atom. The van der Waals surface area contributed by atoms with Crippen LogP contribution in [-0.4, -0.2) is 15.4 Å². The van der Waals surface area contributed by atoms with Crippen LogP contribution in [0.3, 0.4) is 0 Å². The Morgan fingerprint density at radius 2 is 1.76 bits per heavy atom. The van der Waals surface area contributed by atoms with Gasteiger partial charge in [-0.3, -0.25) is 19.7 Å². The quantitative estimate of drug-likeness (QED) is 0.475. The molecule has 1 aromatic carbocycles.